The number of rotatable bonds is 10. The van der Waals surface area contributed by atoms with E-state index in [1.165, 1.54) is 11.1 Å². The molecule has 1 rings (SSSR count). The van der Waals surface area contributed by atoms with Gasteiger partial charge in [0.1, 0.15) is 0 Å². The molecule has 1 aromatic rings. The van der Waals surface area contributed by atoms with Gasteiger partial charge in [0, 0.05) is 51.0 Å². The molecule has 0 aliphatic rings. The molecule has 1 aromatic carbocycles. The fourth-order valence-electron chi connectivity index (χ4n) is 2.36. The quantitative estimate of drug-likeness (QED) is 0.653. The van der Waals surface area contributed by atoms with Crippen molar-refractivity contribution in [3.63, 3.8) is 0 Å². The first kappa shape index (κ1) is 18.6. The monoisotopic (exact) mass is 358 g/mol. The van der Waals surface area contributed by atoms with E-state index in [2.05, 4.69) is 46.0 Å². The molecule has 1 atom stereocenters. The second-order valence-electron chi connectivity index (χ2n) is 5.14. The minimum atomic E-state index is 0.203. The molecule has 0 bridgehead atoms. The van der Waals surface area contributed by atoms with Crippen LogP contribution in [0, 0.1) is 6.92 Å². The van der Waals surface area contributed by atoms with Crippen molar-refractivity contribution in [1.29, 1.82) is 0 Å². The Morgan fingerprint density at radius 3 is 2.48 bits per heavy atom. The van der Waals surface area contributed by atoms with Crippen molar-refractivity contribution in [2.24, 2.45) is 5.73 Å². The van der Waals surface area contributed by atoms with Gasteiger partial charge in [-0.1, -0.05) is 28.1 Å². The summed E-state index contributed by atoms with van der Waals surface area (Å²) in [6, 6.07) is 6.66. The van der Waals surface area contributed by atoms with Gasteiger partial charge in [0.05, 0.1) is 6.61 Å². The molecule has 5 heteroatoms. The first-order valence-electron chi connectivity index (χ1n) is 7.32. The van der Waals surface area contributed by atoms with Crippen LogP contribution in [-0.2, 0) is 9.47 Å². The summed E-state index contributed by atoms with van der Waals surface area (Å²) in [6.45, 7) is 5.96. The summed E-state index contributed by atoms with van der Waals surface area (Å²) in [6.07, 6.45) is 0.990. The Labute approximate surface area is 136 Å². The lowest BCUT2D eigenvalue weighted by Gasteiger charge is -2.31. The highest BCUT2D eigenvalue weighted by Crippen LogP contribution is 2.25. The average Bonchev–Trinajstić information content (AvgIpc) is 2.48. The third kappa shape index (κ3) is 6.04. The van der Waals surface area contributed by atoms with Gasteiger partial charge in [-0.2, -0.15) is 0 Å². The van der Waals surface area contributed by atoms with Crippen molar-refractivity contribution in [3.05, 3.63) is 33.8 Å². The minimum Gasteiger partial charge on any atom is -0.385 e. The van der Waals surface area contributed by atoms with Gasteiger partial charge in [-0.15, -0.1) is 0 Å². The number of halogens is 1. The van der Waals surface area contributed by atoms with Gasteiger partial charge in [0.15, 0.2) is 0 Å². The van der Waals surface area contributed by atoms with Gasteiger partial charge < -0.3 is 15.2 Å². The van der Waals surface area contributed by atoms with Crippen molar-refractivity contribution >= 4 is 15.9 Å². The molecule has 2 N–H and O–H groups in total. The lowest BCUT2D eigenvalue weighted by atomic mass is 10.0. The average molecular weight is 359 g/mol. The van der Waals surface area contributed by atoms with Crippen LogP contribution in [0.25, 0.3) is 0 Å². The summed E-state index contributed by atoms with van der Waals surface area (Å²) < 4.78 is 11.5. The third-order valence-corrected chi connectivity index (χ3v) is 4.48. The van der Waals surface area contributed by atoms with Gasteiger partial charge in [0.25, 0.3) is 0 Å². The van der Waals surface area contributed by atoms with Crippen molar-refractivity contribution in [1.82, 2.24) is 4.90 Å². The standard InChI is InChI=1S/C16H27BrN2O2/c1-13-5-6-14(11-15(13)17)16(12-18)19(8-10-21-3)7-4-9-20-2/h5-6,11,16H,4,7-10,12,18H2,1-3H3. The molecule has 120 valence electrons. The molecule has 1 unspecified atom stereocenters. The number of hydrogen-bond acceptors (Lipinski definition) is 4. The molecule has 0 saturated carbocycles. The van der Waals surface area contributed by atoms with E-state index in [1.807, 2.05) is 0 Å². The maximum absolute atomic E-state index is 6.04. The van der Waals surface area contributed by atoms with Crippen molar-refractivity contribution < 1.29 is 9.47 Å². The number of methoxy groups -OCH3 is 2. The summed E-state index contributed by atoms with van der Waals surface area (Å²) >= 11 is 3.61. The lowest BCUT2D eigenvalue weighted by Crippen LogP contribution is -2.37. The zero-order valence-electron chi connectivity index (χ0n) is 13.3. The normalized spacial score (nSPS) is 12.9. The smallest absolute Gasteiger partial charge is 0.0589 e. The maximum atomic E-state index is 6.04. The molecule has 0 aliphatic heterocycles. The fraction of sp³-hybridized carbons (Fsp3) is 0.625. The summed E-state index contributed by atoms with van der Waals surface area (Å²) in [7, 11) is 3.46. The molecule has 0 saturated heterocycles. The van der Waals surface area contributed by atoms with Crippen molar-refractivity contribution in [3.8, 4) is 0 Å². The predicted octanol–water partition coefficient (Wildman–Crippen LogP) is 2.74. The minimum absolute atomic E-state index is 0.203. The van der Waals surface area contributed by atoms with Crippen LogP contribution in [0.15, 0.2) is 22.7 Å². The van der Waals surface area contributed by atoms with Crippen molar-refractivity contribution in [2.75, 3.05) is 47.1 Å². The number of ether oxygens (including phenoxy) is 2. The van der Waals surface area contributed by atoms with Crippen LogP contribution >= 0.6 is 15.9 Å². The van der Waals surface area contributed by atoms with Crippen LogP contribution in [0.5, 0.6) is 0 Å². The highest BCUT2D eigenvalue weighted by Gasteiger charge is 2.19. The topological polar surface area (TPSA) is 47.7 Å². The van der Waals surface area contributed by atoms with Gasteiger partial charge in [0.2, 0.25) is 0 Å². The summed E-state index contributed by atoms with van der Waals surface area (Å²) in [5.74, 6) is 0. The van der Waals surface area contributed by atoms with E-state index in [0.29, 0.717) is 13.2 Å². The van der Waals surface area contributed by atoms with E-state index in [1.54, 1.807) is 14.2 Å². The molecule has 21 heavy (non-hydrogen) atoms. The number of nitrogens with zero attached hydrogens (tertiary/aromatic N) is 1. The van der Waals surface area contributed by atoms with Crippen LogP contribution in [0.1, 0.15) is 23.6 Å². The second-order valence-corrected chi connectivity index (χ2v) is 5.99. The second kappa shape index (κ2) is 10.3. The molecular formula is C16H27BrN2O2. The number of hydrogen-bond donors (Lipinski definition) is 1. The SMILES string of the molecule is COCCCN(CCOC)C(CN)c1ccc(C)c(Br)c1. The molecule has 0 radical (unpaired) electrons. The molecule has 0 heterocycles. The third-order valence-electron chi connectivity index (χ3n) is 3.62. The predicted molar refractivity (Wildman–Crippen MR) is 90.6 cm³/mol. The van der Waals surface area contributed by atoms with E-state index in [-0.39, 0.29) is 6.04 Å². The van der Waals surface area contributed by atoms with Crippen LogP contribution in [-0.4, -0.2) is 52.0 Å². The summed E-state index contributed by atoms with van der Waals surface area (Å²) in [5.41, 5.74) is 8.51. The largest absolute Gasteiger partial charge is 0.385 e. The van der Waals surface area contributed by atoms with Crippen LogP contribution < -0.4 is 5.73 Å². The van der Waals surface area contributed by atoms with Gasteiger partial charge in [-0.3, -0.25) is 4.90 Å². The Morgan fingerprint density at radius 2 is 1.90 bits per heavy atom. The molecule has 0 aliphatic carbocycles. The molecular weight excluding hydrogens is 332 g/mol. The number of nitrogens with two attached hydrogens (primary N) is 1. The van der Waals surface area contributed by atoms with Gasteiger partial charge in [-0.05, 0) is 30.5 Å². The van der Waals surface area contributed by atoms with Crippen LogP contribution in [0.2, 0.25) is 0 Å². The number of benzene rings is 1. The Balaban J connectivity index is 2.84. The Kier molecular flexibility index (Phi) is 9.11. The summed E-state index contributed by atoms with van der Waals surface area (Å²) in [5, 5.41) is 0. The van der Waals surface area contributed by atoms with E-state index < -0.39 is 0 Å². The van der Waals surface area contributed by atoms with Crippen LogP contribution in [0.4, 0.5) is 0 Å². The van der Waals surface area contributed by atoms with E-state index in [0.717, 1.165) is 30.6 Å². The van der Waals surface area contributed by atoms with Crippen molar-refractivity contribution in [2.45, 2.75) is 19.4 Å². The number of aryl methyl sites for hydroxylation is 1. The Bertz CT molecular complexity index is 415. The molecule has 0 amide bonds. The first-order chi connectivity index (χ1) is 10.1. The molecule has 0 spiro atoms. The molecule has 4 nitrogen and oxygen atoms in total. The van der Waals surface area contributed by atoms with Gasteiger partial charge >= 0.3 is 0 Å². The van der Waals surface area contributed by atoms with E-state index in [4.69, 9.17) is 15.2 Å². The van der Waals surface area contributed by atoms with E-state index >= 15 is 0 Å². The van der Waals surface area contributed by atoms with Gasteiger partial charge in [-0.25, -0.2) is 0 Å². The zero-order valence-corrected chi connectivity index (χ0v) is 14.9. The highest BCUT2D eigenvalue weighted by molar-refractivity contribution is 9.10. The first-order valence-corrected chi connectivity index (χ1v) is 8.11. The summed E-state index contributed by atoms with van der Waals surface area (Å²) in [4.78, 5) is 2.37. The molecule has 0 fully saturated rings. The highest BCUT2D eigenvalue weighted by atomic mass is 79.9. The Hall–Kier alpha value is -0.460. The molecule has 0 aromatic heterocycles. The fourth-order valence-corrected chi connectivity index (χ4v) is 2.75. The lowest BCUT2D eigenvalue weighted by molar-refractivity contribution is 0.108. The zero-order chi connectivity index (χ0) is 15.7. The van der Waals surface area contributed by atoms with Crippen LogP contribution in [0.3, 0.4) is 0 Å². The maximum Gasteiger partial charge on any atom is 0.0589 e. The Morgan fingerprint density at radius 1 is 1.19 bits per heavy atom. The van der Waals surface area contributed by atoms with E-state index in [9.17, 15) is 0 Å².